The SMILES string of the molecule is Cn1c(C(=O)Nc2ccc(C(N)=O)cc2)cc2cc(F)ccc21. The number of nitrogens with two attached hydrogens (primary N) is 1. The van der Waals surface area contributed by atoms with E-state index in [2.05, 4.69) is 5.32 Å². The van der Waals surface area contributed by atoms with Crippen LogP contribution in [0.15, 0.2) is 48.5 Å². The van der Waals surface area contributed by atoms with Crippen molar-refractivity contribution in [3.05, 3.63) is 65.6 Å². The number of hydrogen-bond donors (Lipinski definition) is 2. The van der Waals surface area contributed by atoms with Crippen LogP contribution in [0.3, 0.4) is 0 Å². The summed E-state index contributed by atoms with van der Waals surface area (Å²) >= 11 is 0. The Balaban J connectivity index is 1.88. The minimum atomic E-state index is -0.529. The van der Waals surface area contributed by atoms with E-state index in [0.29, 0.717) is 22.3 Å². The van der Waals surface area contributed by atoms with Crippen molar-refractivity contribution in [1.82, 2.24) is 4.57 Å². The van der Waals surface area contributed by atoms with E-state index < -0.39 is 5.91 Å². The zero-order valence-electron chi connectivity index (χ0n) is 12.3. The number of carbonyl (C=O) groups excluding carboxylic acids is 2. The molecule has 2 amide bonds. The Morgan fingerprint density at radius 2 is 1.78 bits per heavy atom. The lowest BCUT2D eigenvalue weighted by molar-refractivity contribution is 0.0997. The molecule has 0 aliphatic rings. The number of primary amides is 1. The molecule has 1 heterocycles. The molecule has 2 aromatic carbocycles. The van der Waals surface area contributed by atoms with Gasteiger partial charge in [-0.3, -0.25) is 9.59 Å². The van der Waals surface area contributed by atoms with Gasteiger partial charge in [-0.25, -0.2) is 4.39 Å². The molecule has 5 nitrogen and oxygen atoms in total. The van der Waals surface area contributed by atoms with E-state index >= 15 is 0 Å². The van der Waals surface area contributed by atoms with Crippen molar-refractivity contribution in [3.8, 4) is 0 Å². The van der Waals surface area contributed by atoms with Gasteiger partial charge in [0.2, 0.25) is 5.91 Å². The van der Waals surface area contributed by atoms with Crippen LogP contribution in [-0.4, -0.2) is 16.4 Å². The van der Waals surface area contributed by atoms with Crippen molar-refractivity contribution in [2.24, 2.45) is 12.8 Å². The molecule has 0 atom stereocenters. The van der Waals surface area contributed by atoms with E-state index in [4.69, 9.17) is 5.73 Å². The fourth-order valence-electron chi connectivity index (χ4n) is 2.45. The molecule has 0 saturated carbocycles. The van der Waals surface area contributed by atoms with E-state index in [-0.39, 0.29) is 11.7 Å². The molecule has 1 aromatic heterocycles. The molecule has 3 rings (SSSR count). The summed E-state index contributed by atoms with van der Waals surface area (Å²) in [5.41, 5.74) is 7.24. The van der Waals surface area contributed by atoms with Crippen LogP contribution in [0.1, 0.15) is 20.8 Å². The second-order valence-corrected chi connectivity index (χ2v) is 5.19. The topological polar surface area (TPSA) is 77.1 Å². The molecule has 3 aromatic rings. The first kappa shape index (κ1) is 14.8. The lowest BCUT2D eigenvalue weighted by atomic mass is 10.2. The Kier molecular flexibility index (Phi) is 3.57. The van der Waals surface area contributed by atoms with Crippen LogP contribution in [-0.2, 0) is 7.05 Å². The molecule has 0 spiro atoms. The average molecular weight is 311 g/mol. The van der Waals surface area contributed by atoms with Gasteiger partial charge in [-0.15, -0.1) is 0 Å². The summed E-state index contributed by atoms with van der Waals surface area (Å²) in [5, 5.41) is 3.39. The number of hydrogen-bond acceptors (Lipinski definition) is 2. The van der Waals surface area contributed by atoms with E-state index in [0.717, 1.165) is 5.52 Å². The zero-order valence-corrected chi connectivity index (χ0v) is 12.3. The number of nitrogens with zero attached hydrogens (tertiary/aromatic N) is 1. The quantitative estimate of drug-likeness (QED) is 0.780. The summed E-state index contributed by atoms with van der Waals surface area (Å²) in [6, 6.07) is 12.3. The van der Waals surface area contributed by atoms with Gasteiger partial charge in [-0.1, -0.05) is 0 Å². The molecular weight excluding hydrogens is 297 g/mol. The summed E-state index contributed by atoms with van der Waals surface area (Å²) in [6.07, 6.45) is 0. The van der Waals surface area contributed by atoms with Crippen molar-refractivity contribution in [3.63, 3.8) is 0 Å². The Morgan fingerprint density at radius 1 is 1.09 bits per heavy atom. The Morgan fingerprint density at radius 3 is 2.43 bits per heavy atom. The molecule has 0 bridgehead atoms. The molecule has 23 heavy (non-hydrogen) atoms. The van der Waals surface area contributed by atoms with Crippen molar-refractivity contribution in [1.29, 1.82) is 0 Å². The standard InChI is InChI=1S/C17H14FN3O2/c1-21-14-7-4-12(18)8-11(14)9-15(21)17(23)20-13-5-2-10(3-6-13)16(19)22/h2-9H,1H3,(H2,19,22)(H,20,23). The molecule has 0 aliphatic carbocycles. The van der Waals surface area contributed by atoms with E-state index in [9.17, 15) is 14.0 Å². The normalized spacial score (nSPS) is 10.7. The van der Waals surface area contributed by atoms with Gasteiger partial charge in [-0.2, -0.15) is 0 Å². The van der Waals surface area contributed by atoms with Gasteiger partial charge in [0.15, 0.2) is 0 Å². The van der Waals surface area contributed by atoms with Crippen molar-refractivity contribution >= 4 is 28.4 Å². The number of aromatic nitrogens is 1. The average Bonchev–Trinajstić information content (AvgIpc) is 2.84. The fourth-order valence-corrected chi connectivity index (χ4v) is 2.45. The van der Waals surface area contributed by atoms with Crippen LogP contribution < -0.4 is 11.1 Å². The van der Waals surface area contributed by atoms with E-state index in [1.54, 1.807) is 35.9 Å². The number of amides is 2. The number of aryl methyl sites for hydroxylation is 1. The van der Waals surface area contributed by atoms with Crippen molar-refractivity contribution < 1.29 is 14.0 Å². The molecule has 3 N–H and O–H groups in total. The van der Waals surface area contributed by atoms with Crippen LogP contribution in [0.5, 0.6) is 0 Å². The highest BCUT2D eigenvalue weighted by Crippen LogP contribution is 2.21. The van der Waals surface area contributed by atoms with Gasteiger partial charge in [0, 0.05) is 29.2 Å². The zero-order chi connectivity index (χ0) is 16.6. The predicted octanol–water partition coefficient (Wildman–Crippen LogP) is 2.67. The van der Waals surface area contributed by atoms with Crippen molar-refractivity contribution in [2.75, 3.05) is 5.32 Å². The largest absolute Gasteiger partial charge is 0.366 e. The highest BCUT2D eigenvalue weighted by atomic mass is 19.1. The molecule has 0 saturated heterocycles. The fraction of sp³-hybridized carbons (Fsp3) is 0.0588. The number of benzene rings is 2. The number of fused-ring (bicyclic) bond motifs is 1. The first-order valence-electron chi connectivity index (χ1n) is 6.92. The van der Waals surface area contributed by atoms with E-state index in [1.807, 2.05) is 0 Å². The van der Waals surface area contributed by atoms with Gasteiger partial charge >= 0.3 is 0 Å². The molecule has 6 heteroatoms. The first-order chi connectivity index (χ1) is 11.0. The third-order valence-electron chi connectivity index (χ3n) is 3.66. The highest BCUT2D eigenvalue weighted by molar-refractivity contribution is 6.06. The minimum absolute atomic E-state index is 0.323. The van der Waals surface area contributed by atoms with Crippen LogP contribution in [0.2, 0.25) is 0 Å². The summed E-state index contributed by atoms with van der Waals surface area (Å²) in [5.74, 6) is -1.20. The summed E-state index contributed by atoms with van der Waals surface area (Å²) in [7, 11) is 1.74. The Hall–Kier alpha value is -3.15. The second-order valence-electron chi connectivity index (χ2n) is 5.19. The van der Waals surface area contributed by atoms with Gasteiger partial charge in [0.05, 0.1) is 0 Å². The van der Waals surface area contributed by atoms with Crippen LogP contribution in [0, 0.1) is 5.82 Å². The maximum atomic E-state index is 13.3. The lowest BCUT2D eigenvalue weighted by Gasteiger charge is -2.07. The molecule has 0 fully saturated rings. The number of halogens is 1. The van der Waals surface area contributed by atoms with E-state index in [1.165, 1.54) is 24.3 Å². The predicted molar refractivity (Wildman–Crippen MR) is 85.8 cm³/mol. The summed E-state index contributed by atoms with van der Waals surface area (Å²) in [6.45, 7) is 0. The van der Waals surface area contributed by atoms with Gasteiger partial charge in [0.1, 0.15) is 11.5 Å². The molecule has 0 aliphatic heterocycles. The highest BCUT2D eigenvalue weighted by Gasteiger charge is 2.14. The monoisotopic (exact) mass is 311 g/mol. The van der Waals surface area contributed by atoms with Crippen LogP contribution in [0.25, 0.3) is 10.9 Å². The number of rotatable bonds is 3. The smallest absolute Gasteiger partial charge is 0.272 e. The summed E-state index contributed by atoms with van der Waals surface area (Å²) in [4.78, 5) is 23.4. The van der Waals surface area contributed by atoms with Gasteiger partial charge in [-0.05, 0) is 48.5 Å². The second kappa shape index (κ2) is 5.57. The van der Waals surface area contributed by atoms with Gasteiger partial charge in [0.25, 0.3) is 5.91 Å². The number of carbonyl (C=O) groups is 2. The number of nitrogens with one attached hydrogen (secondary N) is 1. The molecule has 0 radical (unpaired) electrons. The lowest BCUT2D eigenvalue weighted by Crippen LogP contribution is -2.16. The third kappa shape index (κ3) is 2.78. The molecule has 0 unspecified atom stereocenters. The maximum Gasteiger partial charge on any atom is 0.272 e. The van der Waals surface area contributed by atoms with Crippen LogP contribution in [0.4, 0.5) is 10.1 Å². The minimum Gasteiger partial charge on any atom is -0.366 e. The first-order valence-corrected chi connectivity index (χ1v) is 6.92. The third-order valence-corrected chi connectivity index (χ3v) is 3.66. The van der Waals surface area contributed by atoms with Gasteiger partial charge < -0.3 is 15.6 Å². The van der Waals surface area contributed by atoms with Crippen LogP contribution >= 0.6 is 0 Å². The molecule has 116 valence electrons. The Bertz CT molecular complexity index is 913. The number of anilines is 1. The Labute approximate surface area is 131 Å². The maximum absolute atomic E-state index is 13.3. The van der Waals surface area contributed by atoms with Crippen molar-refractivity contribution in [2.45, 2.75) is 0 Å². The molecular formula is C17H14FN3O2. The summed E-state index contributed by atoms with van der Waals surface area (Å²) < 4.78 is 15.0.